The summed E-state index contributed by atoms with van der Waals surface area (Å²) in [7, 11) is 0. The van der Waals surface area contributed by atoms with Crippen LogP contribution in [0.1, 0.15) is 46.0 Å². The van der Waals surface area contributed by atoms with Crippen LogP contribution >= 0.6 is 0 Å². The zero-order valence-electron chi connectivity index (χ0n) is 9.75. The Kier molecular flexibility index (Phi) is 2.30. The van der Waals surface area contributed by atoms with Crippen LogP contribution in [-0.2, 0) is 0 Å². The van der Waals surface area contributed by atoms with Crippen LogP contribution in [0.2, 0.25) is 0 Å². The maximum atomic E-state index is 11.4. The number of rotatable bonds is 1. The monoisotopic (exact) mass is 220 g/mol. The van der Waals surface area contributed by atoms with Gasteiger partial charge in [-0.2, -0.15) is 5.26 Å². The van der Waals surface area contributed by atoms with Crippen molar-refractivity contribution in [2.24, 2.45) is 5.41 Å². The SMILES string of the molecule is CC1=C(C)C[C@]2([N+](=O)[O-])CCC[C@]2(C#N)C1. The van der Waals surface area contributed by atoms with Gasteiger partial charge < -0.3 is 0 Å². The van der Waals surface area contributed by atoms with E-state index in [1.807, 2.05) is 13.8 Å². The van der Waals surface area contributed by atoms with E-state index in [1.165, 1.54) is 5.57 Å². The van der Waals surface area contributed by atoms with E-state index in [2.05, 4.69) is 6.07 Å². The third kappa shape index (κ3) is 1.14. The van der Waals surface area contributed by atoms with Crippen molar-refractivity contribution >= 4 is 0 Å². The Bertz CT molecular complexity index is 421. The predicted octanol–water partition coefficient (Wildman–Crippen LogP) is 2.83. The smallest absolute Gasteiger partial charge is 0.244 e. The largest absolute Gasteiger partial charge is 0.264 e. The van der Waals surface area contributed by atoms with Crippen molar-refractivity contribution in [3.63, 3.8) is 0 Å². The summed E-state index contributed by atoms with van der Waals surface area (Å²) in [6.07, 6.45) is 3.07. The fourth-order valence-corrected chi connectivity index (χ4v) is 3.39. The molecule has 1 saturated carbocycles. The maximum Gasteiger partial charge on any atom is 0.244 e. The first kappa shape index (κ1) is 11.1. The fourth-order valence-electron chi connectivity index (χ4n) is 3.39. The molecule has 0 spiro atoms. The van der Waals surface area contributed by atoms with E-state index in [1.54, 1.807) is 0 Å². The molecule has 0 radical (unpaired) electrons. The van der Waals surface area contributed by atoms with E-state index < -0.39 is 11.0 Å². The van der Waals surface area contributed by atoms with Gasteiger partial charge in [-0.3, -0.25) is 10.1 Å². The highest BCUT2D eigenvalue weighted by Crippen LogP contribution is 2.57. The molecule has 0 amide bonds. The van der Waals surface area contributed by atoms with Gasteiger partial charge in [0.15, 0.2) is 0 Å². The lowest BCUT2D eigenvalue weighted by Crippen LogP contribution is -2.52. The summed E-state index contributed by atoms with van der Waals surface area (Å²) >= 11 is 0. The summed E-state index contributed by atoms with van der Waals surface area (Å²) in [4.78, 5) is 11.2. The van der Waals surface area contributed by atoms with Gasteiger partial charge in [0.05, 0.1) is 6.07 Å². The molecule has 0 aromatic heterocycles. The summed E-state index contributed by atoms with van der Waals surface area (Å²) in [6.45, 7) is 3.96. The molecule has 2 rings (SSSR count). The summed E-state index contributed by atoms with van der Waals surface area (Å²) < 4.78 is 0. The molecule has 16 heavy (non-hydrogen) atoms. The van der Waals surface area contributed by atoms with E-state index >= 15 is 0 Å². The van der Waals surface area contributed by atoms with Crippen LogP contribution in [0.15, 0.2) is 11.1 Å². The number of hydrogen-bond acceptors (Lipinski definition) is 3. The van der Waals surface area contributed by atoms with Crippen molar-refractivity contribution in [2.45, 2.75) is 51.5 Å². The summed E-state index contributed by atoms with van der Waals surface area (Å²) in [5.74, 6) is 0. The minimum Gasteiger partial charge on any atom is -0.264 e. The van der Waals surface area contributed by atoms with E-state index in [0.717, 1.165) is 12.0 Å². The summed E-state index contributed by atoms with van der Waals surface area (Å²) in [5.41, 5.74) is 0.510. The Morgan fingerprint density at radius 3 is 2.50 bits per heavy atom. The van der Waals surface area contributed by atoms with Gasteiger partial charge in [-0.05, 0) is 33.1 Å². The Labute approximate surface area is 95.1 Å². The minimum absolute atomic E-state index is 0.181. The molecular weight excluding hydrogens is 204 g/mol. The molecular formula is C12H16N2O2. The maximum absolute atomic E-state index is 11.4. The third-order valence-corrected chi connectivity index (χ3v) is 4.50. The molecule has 2 aliphatic rings. The Morgan fingerprint density at radius 1 is 1.31 bits per heavy atom. The van der Waals surface area contributed by atoms with E-state index in [4.69, 9.17) is 0 Å². The van der Waals surface area contributed by atoms with Gasteiger partial charge in [-0.15, -0.1) is 0 Å². The van der Waals surface area contributed by atoms with Crippen molar-refractivity contribution in [1.82, 2.24) is 0 Å². The number of nitrogens with zero attached hydrogens (tertiary/aromatic N) is 2. The second-order valence-electron chi connectivity index (χ2n) is 5.25. The van der Waals surface area contributed by atoms with Gasteiger partial charge in [0.1, 0.15) is 5.41 Å². The average molecular weight is 220 g/mol. The highest BCUT2D eigenvalue weighted by molar-refractivity contribution is 5.30. The first-order chi connectivity index (χ1) is 7.47. The van der Waals surface area contributed by atoms with Crippen molar-refractivity contribution in [3.05, 3.63) is 21.3 Å². The molecule has 2 atom stereocenters. The molecule has 0 aromatic carbocycles. The van der Waals surface area contributed by atoms with Crippen LogP contribution in [-0.4, -0.2) is 10.5 Å². The van der Waals surface area contributed by atoms with Gasteiger partial charge in [0.2, 0.25) is 5.54 Å². The zero-order chi connectivity index (χ0) is 12.0. The van der Waals surface area contributed by atoms with Crippen LogP contribution in [0.4, 0.5) is 0 Å². The van der Waals surface area contributed by atoms with Crippen LogP contribution in [0.25, 0.3) is 0 Å². The molecule has 0 aliphatic heterocycles. The first-order valence-electron chi connectivity index (χ1n) is 5.68. The predicted molar refractivity (Wildman–Crippen MR) is 59.2 cm³/mol. The van der Waals surface area contributed by atoms with Crippen molar-refractivity contribution in [2.75, 3.05) is 0 Å². The molecule has 4 heteroatoms. The van der Waals surface area contributed by atoms with Gasteiger partial charge in [-0.25, -0.2) is 0 Å². The average Bonchev–Trinajstić information content (AvgIpc) is 2.59. The highest BCUT2D eigenvalue weighted by Gasteiger charge is 2.66. The van der Waals surface area contributed by atoms with Crippen molar-refractivity contribution in [1.29, 1.82) is 5.26 Å². The lowest BCUT2D eigenvalue weighted by atomic mass is 9.62. The molecule has 1 fully saturated rings. The lowest BCUT2D eigenvalue weighted by molar-refractivity contribution is -0.585. The topological polar surface area (TPSA) is 66.9 Å². The fraction of sp³-hybridized carbons (Fsp3) is 0.750. The molecule has 86 valence electrons. The van der Waals surface area contributed by atoms with Gasteiger partial charge in [-0.1, -0.05) is 11.1 Å². The Hall–Kier alpha value is -1.37. The molecule has 4 nitrogen and oxygen atoms in total. The highest BCUT2D eigenvalue weighted by atomic mass is 16.6. The minimum atomic E-state index is -1.01. The normalized spacial score (nSPS) is 38.1. The van der Waals surface area contributed by atoms with Crippen LogP contribution in [0, 0.1) is 26.9 Å². The molecule has 0 N–H and O–H groups in total. The third-order valence-electron chi connectivity index (χ3n) is 4.50. The number of nitriles is 1. The van der Waals surface area contributed by atoms with Crippen LogP contribution in [0.5, 0.6) is 0 Å². The number of allylic oxidation sites excluding steroid dienone is 1. The van der Waals surface area contributed by atoms with Crippen molar-refractivity contribution in [3.8, 4) is 6.07 Å². The molecule has 0 bridgehead atoms. The van der Waals surface area contributed by atoms with Gasteiger partial charge in [0.25, 0.3) is 0 Å². The number of fused-ring (bicyclic) bond motifs is 1. The summed E-state index contributed by atoms with van der Waals surface area (Å²) in [5, 5.41) is 20.8. The first-order valence-corrected chi connectivity index (χ1v) is 5.68. The number of nitro groups is 1. The van der Waals surface area contributed by atoms with E-state index in [0.29, 0.717) is 25.7 Å². The summed E-state index contributed by atoms with van der Waals surface area (Å²) in [6, 6.07) is 2.28. The molecule has 0 heterocycles. The quantitative estimate of drug-likeness (QED) is 0.387. The van der Waals surface area contributed by atoms with E-state index in [-0.39, 0.29) is 4.92 Å². The van der Waals surface area contributed by atoms with E-state index in [9.17, 15) is 15.4 Å². The van der Waals surface area contributed by atoms with Crippen LogP contribution in [0.3, 0.4) is 0 Å². The second-order valence-corrected chi connectivity index (χ2v) is 5.25. The molecule has 2 aliphatic carbocycles. The van der Waals surface area contributed by atoms with Gasteiger partial charge in [0, 0.05) is 17.8 Å². The second kappa shape index (κ2) is 3.31. The zero-order valence-corrected chi connectivity index (χ0v) is 9.75. The number of hydrogen-bond donors (Lipinski definition) is 0. The van der Waals surface area contributed by atoms with Crippen molar-refractivity contribution < 1.29 is 4.92 Å². The molecule has 0 unspecified atom stereocenters. The van der Waals surface area contributed by atoms with Gasteiger partial charge >= 0.3 is 0 Å². The molecule has 0 aromatic rings. The molecule has 0 saturated heterocycles. The standard InChI is InChI=1S/C12H16N2O2/c1-9-6-11(8-13)4-3-5-12(11,14(15)16)7-10(9)2/h3-7H2,1-2H3/t11-,12-/m1/s1. The Morgan fingerprint density at radius 2 is 1.94 bits per heavy atom. The Balaban J connectivity index is 2.56. The van der Waals surface area contributed by atoms with Crippen LogP contribution < -0.4 is 0 Å². The lowest BCUT2D eigenvalue weighted by Gasteiger charge is -2.38.